The van der Waals surface area contributed by atoms with Crippen molar-refractivity contribution in [1.29, 1.82) is 0 Å². The van der Waals surface area contributed by atoms with Gasteiger partial charge in [-0.15, -0.1) is 0 Å². The Morgan fingerprint density at radius 3 is 2.45 bits per heavy atom. The average Bonchev–Trinajstić information content (AvgIpc) is 3.35. The van der Waals surface area contributed by atoms with E-state index in [9.17, 15) is 18.0 Å². The molecule has 0 bridgehead atoms. The number of aryl methyl sites for hydroxylation is 1. The van der Waals surface area contributed by atoms with Crippen LogP contribution in [0, 0.1) is 0 Å². The third-order valence-electron chi connectivity index (χ3n) is 5.46. The van der Waals surface area contributed by atoms with Crippen molar-refractivity contribution in [3.8, 4) is 11.3 Å². The van der Waals surface area contributed by atoms with Gasteiger partial charge in [-0.1, -0.05) is 12.1 Å². The largest absolute Gasteiger partial charge is 0.416 e. The van der Waals surface area contributed by atoms with Crippen LogP contribution in [0.3, 0.4) is 0 Å². The fourth-order valence-electron chi connectivity index (χ4n) is 3.36. The molecule has 7 nitrogen and oxygen atoms in total. The smallest absolute Gasteiger partial charge is 0.343 e. The SMILES string of the molecule is CC(C)N(C)c1nc2ccc(NC(=O)c3cc(-c4ccc(C(F)(F)F)cc4)n(C)n3)cc2[nH]1. The van der Waals surface area contributed by atoms with E-state index >= 15 is 0 Å². The van der Waals surface area contributed by atoms with Crippen molar-refractivity contribution in [3.63, 3.8) is 0 Å². The molecule has 0 unspecified atom stereocenters. The maximum absolute atomic E-state index is 12.8. The molecular weight excluding hydrogens is 433 g/mol. The number of aromatic amines is 1. The molecule has 0 saturated heterocycles. The van der Waals surface area contributed by atoms with Gasteiger partial charge in [0.05, 0.1) is 22.3 Å². The Kier molecular flexibility index (Phi) is 5.61. The highest BCUT2D eigenvalue weighted by Crippen LogP contribution is 2.31. The molecule has 1 amide bonds. The Labute approximate surface area is 188 Å². The van der Waals surface area contributed by atoms with Gasteiger partial charge in [0.15, 0.2) is 5.69 Å². The molecule has 0 atom stereocenters. The summed E-state index contributed by atoms with van der Waals surface area (Å²) in [6.07, 6.45) is -4.41. The first-order chi connectivity index (χ1) is 15.5. The topological polar surface area (TPSA) is 78.8 Å². The minimum atomic E-state index is -4.41. The van der Waals surface area contributed by atoms with Crippen molar-refractivity contribution < 1.29 is 18.0 Å². The van der Waals surface area contributed by atoms with Crippen LogP contribution >= 0.6 is 0 Å². The molecule has 0 saturated carbocycles. The van der Waals surface area contributed by atoms with E-state index in [0.717, 1.165) is 29.1 Å². The number of alkyl halides is 3. The highest BCUT2D eigenvalue weighted by Gasteiger charge is 2.30. The first kappa shape index (κ1) is 22.4. The highest BCUT2D eigenvalue weighted by molar-refractivity contribution is 6.04. The number of benzene rings is 2. The van der Waals surface area contributed by atoms with Crippen molar-refractivity contribution in [2.45, 2.75) is 26.1 Å². The molecule has 2 aromatic heterocycles. The van der Waals surface area contributed by atoms with Gasteiger partial charge in [-0.25, -0.2) is 4.98 Å². The lowest BCUT2D eigenvalue weighted by Crippen LogP contribution is -2.26. The number of carbonyl (C=O) groups is 1. The van der Waals surface area contributed by atoms with Gasteiger partial charge < -0.3 is 15.2 Å². The average molecular weight is 456 g/mol. The van der Waals surface area contributed by atoms with Crippen molar-refractivity contribution in [3.05, 3.63) is 59.8 Å². The van der Waals surface area contributed by atoms with Gasteiger partial charge in [0, 0.05) is 25.8 Å². The molecular formula is C23H23F3N6O. The number of rotatable bonds is 5. The number of hydrogen-bond donors (Lipinski definition) is 2. The van der Waals surface area contributed by atoms with Gasteiger partial charge in [0.2, 0.25) is 5.95 Å². The third-order valence-corrected chi connectivity index (χ3v) is 5.46. The summed E-state index contributed by atoms with van der Waals surface area (Å²) >= 11 is 0. The predicted octanol–water partition coefficient (Wildman–Crippen LogP) is 5.08. The minimum Gasteiger partial charge on any atom is -0.343 e. The Morgan fingerprint density at radius 2 is 1.82 bits per heavy atom. The van der Waals surface area contributed by atoms with E-state index in [-0.39, 0.29) is 11.7 Å². The Bertz CT molecular complexity index is 1300. The normalized spacial score (nSPS) is 11.9. The quantitative estimate of drug-likeness (QED) is 0.439. The zero-order valence-corrected chi connectivity index (χ0v) is 18.5. The predicted molar refractivity (Wildman–Crippen MR) is 121 cm³/mol. The van der Waals surface area contributed by atoms with Crippen molar-refractivity contribution in [1.82, 2.24) is 19.7 Å². The molecule has 0 aliphatic rings. The van der Waals surface area contributed by atoms with Crippen LogP contribution in [-0.4, -0.2) is 38.7 Å². The summed E-state index contributed by atoms with van der Waals surface area (Å²) in [5, 5.41) is 7.03. The van der Waals surface area contributed by atoms with E-state index in [0.29, 0.717) is 16.9 Å². The lowest BCUT2D eigenvalue weighted by atomic mass is 10.1. The standard InChI is InChI=1S/C23H23F3N6O/c1-13(2)31(3)22-28-17-10-9-16(11-18(17)29-22)27-21(33)19-12-20(32(4)30-19)14-5-7-15(8-6-14)23(24,25)26/h5-13H,1-4H3,(H,27,33)(H,28,29). The van der Waals surface area contributed by atoms with Crippen LogP contribution in [0.25, 0.3) is 22.3 Å². The van der Waals surface area contributed by atoms with E-state index in [2.05, 4.69) is 34.2 Å². The van der Waals surface area contributed by atoms with Crippen LogP contribution in [0.4, 0.5) is 24.8 Å². The second-order valence-corrected chi connectivity index (χ2v) is 8.06. The number of nitrogens with zero attached hydrogens (tertiary/aromatic N) is 4. The second-order valence-electron chi connectivity index (χ2n) is 8.06. The molecule has 4 rings (SSSR count). The zero-order chi connectivity index (χ0) is 23.9. The highest BCUT2D eigenvalue weighted by atomic mass is 19.4. The fourth-order valence-corrected chi connectivity index (χ4v) is 3.36. The molecule has 172 valence electrons. The second kappa shape index (κ2) is 8.27. The number of halogens is 3. The number of carbonyl (C=O) groups excluding carboxylic acids is 1. The van der Waals surface area contributed by atoms with Crippen molar-refractivity contribution >= 4 is 28.6 Å². The van der Waals surface area contributed by atoms with E-state index < -0.39 is 17.6 Å². The molecule has 10 heteroatoms. The summed E-state index contributed by atoms with van der Waals surface area (Å²) < 4.78 is 39.9. The van der Waals surface area contributed by atoms with Crippen LogP contribution in [0.15, 0.2) is 48.5 Å². The van der Waals surface area contributed by atoms with E-state index in [4.69, 9.17) is 0 Å². The molecule has 0 spiro atoms. The summed E-state index contributed by atoms with van der Waals surface area (Å²) in [7, 11) is 3.58. The number of imidazole rings is 1. The van der Waals surface area contributed by atoms with Crippen LogP contribution in [0.1, 0.15) is 29.9 Å². The monoisotopic (exact) mass is 456 g/mol. The molecule has 4 aromatic rings. The number of aromatic nitrogens is 4. The van der Waals surface area contributed by atoms with Crippen LogP contribution in [0.2, 0.25) is 0 Å². The number of amides is 1. The molecule has 2 heterocycles. The summed E-state index contributed by atoms with van der Waals surface area (Å²) in [6.45, 7) is 4.12. The van der Waals surface area contributed by atoms with E-state index in [1.165, 1.54) is 16.8 Å². The van der Waals surface area contributed by atoms with Gasteiger partial charge >= 0.3 is 6.18 Å². The number of anilines is 2. The number of H-pyrrole nitrogens is 1. The number of nitrogens with one attached hydrogen (secondary N) is 2. The van der Waals surface area contributed by atoms with Gasteiger partial charge in [-0.05, 0) is 55.8 Å². The molecule has 0 radical (unpaired) electrons. The lowest BCUT2D eigenvalue weighted by molar-refractivity contribution is -0.137. The van der Waals surface area contributed by atoms with Crippen molar-refractivity contribution in [2.24, 2.45) is 7.05 Å². The van der Waals surface area contributed by atoms with Gasteiger partial charge in [-0.3, -0.25) is 9.48 Å². The third kappa shape index (κ3) is 4.55. The summed E-state index contributed by atoms with van der Waals surface area (Å²) in [4.78, 5) is 22.6. The molecule has 0 aliphatic heterocycles. The number of hydrogen-bond acceptors (Lipinski definition) is 4. The summed E-state index contributed by atoms with van der Waals surface area (Å²) in [5.74, 6) is 0.302. The number of fused-ring (bicyclic) bond motifs is 1. The summed E-state index contributed by atoms with van der Waals surface area (Å²) in [6, 6.07) is 11.9. The van der Waals surface area contributed by atoms with Gasteiger partial charge in [0.25, 0.3) is 5.91 Å². The Balaban J connectivity index is 1.54. The van der Waals surface area contributed by atoms with Gasteiger partial charge in [0.1, 0.15) is 0 Å². The lowest BCUT2D eigenvalue weighted by Gasteiger charge is -2.19. The van der Waals surface area contributed by atoms with E-state index in [1.54, 1.807) is 25.2 Å². The molecule has 2 aromatic carbocycles. The molecule has 33 heavy (non-hydrogen) atoms. The van der Waals surface area contributed by atoms with E-state index in [1.807, 2.05) is 18.0 Å². The van der Waals surface area contributed by atoms with Crippen molar-refractivity contribution in [2.75, 3.05) is 17.3 Å². The molecule has 0 fully saturated rings. The molecule has 0 aliphatic carbocycles. The first-order valence-corrected chi connectivity index (χ1v) is 10.3. The maximum Gasteiger partial charge on any atom is 0.416 e. The van der Waals surface area contributed by atoms with Gasteiger partial charge in [-0.2, -0.15) is 18.3 Å². The van der Waals surface area contributed by atoms with Crippen LogP contribution in [-0.2, 0) is 13.2 Å². The molecule has 2 N–H and O–H groups in total. The first-order valence-electron chi connectivity index (χ1n) is 10.3. The van der Waals surface area contributed by atoms with Crippen LogP contribution in [0.5, 0.6) is 0 Å². The maximum atomic E-state index is 12.8. The van der Waals surface area contributed by atoms with Crippen LogP contribution < -0.4 is 10.2 Å². The Morgan fingerprint density at radius 1 is 1.12 bits per heavy atom. The summed E-state index contributed by atoms with van der Waals surface area (Å²) in [5.41, 5.74) is 2.59. The fraction of sp³-hybridized carbons (Fsp3) is 0.261. The zero-order valence-electron chi connectivity index (χ0n) is 18.5. The Hall–Kier alpha value is -3.82. The minimum absolute atomic E-state index is 0.150.